The quantitative estimate of drug-likeness (QED) is 0.522. The number of hydrogen-bond donors (Lipinski definition) is 2. The number of aromatic nitrogens is 2. The molecule has 3 N–H and O–H groups in total. The minimum Gasteiger partial charge on any atom is -0.493 e. The molecule has 3 aromatic rings. The molecule has 8 heteroatoms. The summed E-state index contributed by atoms with van der Waals surface area (Å²) in [5.74, 6) is 1.36. The Hall–Kier alpha value is -3.39. The van der Waals surface area contributed by atoms with Crippen LogP contribution in [0.1, 0.15) is 11.4 Å². The number of carbonyl (C=O) groups is 1. The fraction of sp³-hybridized carbons (Fsp3) is 0.318. The Morgan fingerprint density at radius 3 is 2.57 bits per heavy atom. The number of quaternary nitrogens is 1. The number of para-hydroxylation sites is 1. The topological polar surface area (TPSA) is 101 Å². The summed E-state index contributed by atoms with van der Waals surface area (Å²) in [6.07, 6.45) is 0.805. The molecular weight excluding hydrogens is 384 g/mol. The molecule has 1 unspecified atom stereocenters. The zero-order chi connectivity index (χ0) is 21.7. The highest BCUT2D eigenvalue weighted by Crippen LogP contribution is 2.27. The van der Waals surface area contributed by atoms with Gasteiger partial charge in [-0.1, -0.05) is 18.2 Å². The van der Waals surface area contributed by atoms with E-state index in [4.69, 9.17) is 15.2 Å². The number of primary amides is 1. The van der Waals surface area contributed by atoms with Crippen LogP contribution in [0.3, 0.4) is 0 Å². The van der Waals surface area contributed by atoms with Gasteiger partial charge >= 0.3 is 0 Å². The summed E-state index contributed by atoms with van der Waals surface area (Å²) in [4.78, 5) is 30.2. The number of fused-ring (bicyclic) bond motifs is 1. The molecule has 1 amide bonds. The number of carbonyl (C=O) groups excluding carboxylic acids is 1. The monoisotopic (exact) mass is 411 g/mol. The van der Waals surface area contributed by atoms with E-state index in [9.17, 15) is 9.59 Å². The lowest BCUT2D eigenvalue weighted by molar-refractivity contribution is -0.894. The lowest BCUT2D eigenvalue weighted by atomic mass is 10.1. The maximum atomic E-state index is 12.9. The summed E-state index contributed by atoms with van der Waals surface area (Å²) in [6, 6.07) is 13.0. The van der Waals surface area contributed by atoms with E-state index in [1.54, 1.807) is 32.4 Å². The van der Waals surface area contributed by atoms with Crippen LogP contribution in [0.25, 0.3) is 10.9 Å². The number of nitrogens with zero attached hydrogens (tertiary/aromatic N) is 2. The van der Waals surface area contributed by atoms with Crippen LogP contribution in [0.4, 0.5) is 0 Å². The molecule has 0 spiro atoms. The zero-order valence-corrected chi connectivity index (χ0v) is 17.5. The number of hydrogen-bond acceptors (Lipinski definition) is 5. The molecule has 0 fully saturated rings. The van der Waals surface area contributed by atoms with Crippen LogP contribution in [0.2, 0.25) is 0 Å². The van der Waals surface area contributed by atoms with Gasteiger partial charge in [-0.2, -0.15) is 0 Å². The van der Waals surface area contributed by atoms with E-state index in [1.165, 1.54) is 4.57 Å². The molecule has 0 aliphatic rings. The van der Waals surface area contributed by atoms with Gasteiger partial charge in [0.15, 0.2) is 17.3 Å². The maximum Gasteiger partial charge on any atom is 0.262 e. The fourth-order valence-corrected chi connectivity index (χ4v) is 3.42. The Labute approximate surface area is 174 Å². The SMILES string of the molecule is COc1ccc(CC[NH+](C)Cc2nc3ccccc3c(=O)n2CC(N)=O)cc1OC. The number of amides is 1. The van der Waals surface area contributed by atoms with Gasteiger partial charge in [0.1, 0.15) is 13.1 Å². The van der Waals surface area contributed by atoms with E-state index < -0.39 is 5.91 Å². The molecule has 158 valence electrons. The minimum absolute atomic E-state index is 0.186. The first-order valence-corrected chi connectivity index (χ1v) is 9.72. The molecule has 0 saturated heterocycles. The van der Waals surface area contributed by atoms with Gasteiger partial charge in [0, 0.05) is 6.42 Å². The highest BCUT2D eigenvalue weighted by atomic mass is 16.5. The Balaban J connectivity index is 1.80. The number of nitrogens with one attached hydrogen (secondary N) is 1. The fourth-order valence-electron chi connectivity index (χ4n) is 3.42. The van der Waals surface area contributed by atoms with Gasteiger partial charge in [-0.05, 0) is 29.8 Å². The molecule has 2 aromatic carbocycles. The van der Waals surface area contributed by atoms with Crippen molar-refractivity contribution >= 4 is 16.8 Å². The molecule has 0 aliphatic carbocycles. The summed E-state index contributed by atoms with van der Waals surface area (Å²) in [5.41, 5.74) is 6.85. The Morgan fingerprint density at radius 1 is 1.13 bits per heavy atom. The number of methoxy groups -OCH3 is 2. The second kappa shape index (κ2) is 9.41. The van der Waals surface area contributed by atoms with E-state index in [0.717, 1.165) is 23.4 Å². The van der Waals surface area contributed by atoms with Crippen molar-refractivity contribution in [2.75, 3.05) is 27.8 Å². The summed E-state index contributed by atoms with van der Waals surface area (Å²) in [6.45, 7) is 1.10. The average molecular weight is 411 g/mol. The molecule has 0 aliphatic heterocycles. The van der Waals surface area contributed by atoms with Gasteiger partial charge in [-0.25, -0.2) is 4.98 Å². The van der Waals surface area contributed by atoms with Crippen LogP contribution in [0.5, 0.6) is 11.5 Å². The minimum atomic E-state index is -0.571. The van der Waals surface area contributed by atoms with Crippen molar-refractivity contribution in [1.29, 1.82) is 0 Å². The maximum absolute atomic E-state index is 12.9. The molecule has 8 nitrogen and oxygen atoms in total. The molecule has 1 atom stereocenters. The third-order valence-electron chi connectivity index (χ3n) is 5.00. The van der Waals surface area contributed by atoms with Crippen LogP contribution in [-0.2, 0) is 24.3 Å². The van der Waals surface area contributed by atoms with Crippen molar-refractivity contribution in [3.63, 3.8) is 0 Å². The molecular formula is C22H27N4O4+. The molecule has 30 heavy (non-hydrogen) atoms. The molecule has 0 bridgehead atoms. The first-order chi connectivity index (χ1) is 14.4. The number of ether oxygens (including phenoxy) is 2. The summed E-state index contributed by atoms with van der Waals surface area (Å²) in [7, 11) is 5.25. The van der Waals surface area contributed by atoms with E-state index in [1.807, 2.05) is 31.3 Å². The van der Waals surface area contributed by atoms with Gasteiger partial charge < -0.3 is 20.1 Å². The second-order valence-corrected chi connectivity index (χ2v) is 7.23. The number of benzene rings is 2. The zero-order valence-electron chi connectivity index (χ0n) is 17.5. The normalized spacial score (nSPS) is 12.0. The summed E-state index contributed by atoms with van der Waals surface area (Å²) < 4.78 is 12.0. The van der Waals surface area contributed by atoms with E-state index in [0.29, 0.717) is 34.8 Å². The molecule has 3 rings (SSSR count). The van der Waals surface area contributed by atoms with Gasteiger partial charge in [-0.15, -0.1) is 0 Å². The summed E-state index contributed by atoms with van der Waals surface area (Å²) in [5, 5.41) is 0.477. The first kappa shape index (κ1) is 21.3. The van der Waals surface area contributed by atoms with Crippen LogP contribution in [0.15, 0.2) is 47.3 Å². The molecule has 0 saturated carbocycles. The average Bonchev–Trinajstić information content (AvgIpc) is 2.74. The van der Waals surface area contributed by atoms with Crippen molar-refractivity contribution in [1.82, 2.24) is 9.55 Å². The Bertz CT molecular complexity index is 1110. The van der Waals surface area contributed by atoms with Crippen molar-refractivity contribution < 1.29 is 19.2 Å². The first-order valence-electron chi connectivity index (χ1n) is 9.72. The van der Waals surface area contributed by atoms with Crippen molar-refractivity contribution in [2.45, 2.75) is 19.5 Å². The van der Waals surface area contributed by atoms with Crippen molar-refractivity contribution in [3.8, 4) is 11.5 Å². The predicted molar refractivity (Wildman–Crippen MR) is 114 cm³/mol. The Morgan fingerprint density at radius 2 is 1.87 bits per heavy atom. The third-order valence-corrected chi connectivity index (χ3v) is 5.00. The molecule has 1 aromatic heterocycles. The van der Waals surface area contributed by atoms with E-state index in [-0.39, 0.29) is 12.1 Å². The highest BCUT2D eigenvalue weighted by Gasteiger charge is 2.16. The highest BCUT2D eigenvalue weighted by molar-refractivity contribution is 5.78. The second-order valence-electron chi connectivity index (χ2n) is 7.23. The van der Waals surface area contributed by atoms with Gasteiger partial charge in [-0.3, -0.25) is 14.2 Å². The van der Waals surface area contributed by atoms with Gasteiger partial charge in [0.25, 0.3) is 5.56 Å². The number of likely N-dealkylation sites (N-methyl/N-ethyl adjacent to an activating group) is 1. The van der Waals surface area contributed by atoms with Crippen molar-refractivity contribution in [3.05, 3.63) is 64.2 Å². The van der Waals surface area contributed by atoms with Gasteiger partial charge in [0.05, 0.1) is 38.7 Å². The lowest BCUT2D eigenvalue weighted by Gasteiger charge is -2.17. The van der Waals surface area contributed by atoms with Crippen LogP contribution in [-0.4, -0.2) is 43.3 Å². The molecule has 1 heterocycles. The van der Waals surface area contributed by atoms with Crippen LogP contribution < -0.4 is 25.7 Å². The number of nitrogens with two attached hydrogens (primary N) is 1. The smallest absolute Gasteiger partial charge is 0.262 e. The third kappa shape index (κ3) is 4.77. The standard InChI is InChI=1S/C22H26N4O4/c1-25(11-10-15-8-9-18(29-2)19(12-15)30-3)14-21-24-17-7-5-4-6-16(17)22(28)26(21)13-20(23)27/h4-9,12H,10-11,13-14H2,1-3H3,(H2,23,27)/p+1. The van der Waals surface area contributed by atoms with Crippen molar-refractivity contribution in [2.24, 2.45) is 5.73 Å². The van der Waals surface area contributed by atoms with Gasteiger partial charge in [0.2, 0.25) is 5.91 Å². The largest absolute Gasteiger partial charge is 0.493 e. The molecule has 0 radical (unpaired) electrons. The predicted octanol–water partition coefficient (Wildman–Crippen LogP) is 0.156. The van der Waals surface area contributed by atoms with E-state index in [2.05, 4.69) is 4.98 Å². The summed E-state index contributed by atoms with van der Waals surface area (Å²) >= 11 is 0. The Kier molecular flexibility index (Phi) is 6.68. The van der Waals surface area contributed by atoms with Crippen LogP contribution >= 0.6 is 0 Å². The lowest BCUT2D eigenvalue weighted by Crippen LogP contribution is -3.08. The van der Waals surface area contributed by atoms with Crippen LogP contribution in [0, 0.1) is 0 Å². The van der Waals surface area contributed by atoms with E-state index >= 15 is 0 Å². The number of rotatable bonds is 9.